The molecule has 166 valence electrons. The van der Waals surface area contributed by atoms with Crippen LogP contribution in [-0.2, 0) is 10.4 Å². The van der Waals surface area contributed by atoms with E-state index in [1.165, 1.54) is 11.8 Å². The minimum absolute atomic E-state index is 0.0228. The predicted octanol–water partition coefficient (Wildman–Crippen LogP) is 3.66. The third-order valence-corrected chi connectivity index (χ3v) is 7.47. The summed E-state index contributed by atoms with van der Waals surface area (Å²) < 4.78 is 2.07. The van der Waals surface area contributed by atoms with Gasteiger partial charge in [-0.3, -0.25) is 9.20 Å². The molecule has 3 aromatic rings. The lowest BCUT2D eigenvalue weighted by atomic mass is 9.84. The van der Waals surface area contributed by atoms with Crippen LogP contribution in [0.4, 0.5) is 0 Å². The molecule has 5 rings (SSSR count). The van der Waals surface area contributed by atoms with Gasteiger partial charge < -0.3 is 15.3 Å². The Hall–Kier alpha value is -2.61. The van der Waals surface area contributed by atoms with E-state index in [4.69, 9.17) is 0 Å². The van der Waals surface area contributed by atoms with Crippen LogP contribution < -0.4 is 5.32 Å². The average Bonchev–Trinajstić information content (AvgIpc) is 3.25. The van der Waals surface area contributed by atoms with Crippen LogP contribution in [0.25, 0.3) is 11.7 Å². The van der Waals surface area contributed by atoms with E-state index in [0.29, 0.717) is 11.4 Å². The number of aromatic nitrogens is 2. The van der Waals surface area contributed by atoms with Gasteiger partial charge in [-0.1, -0.05) is 48.2 Å². The summed E-state index contributed by atoms with van der Waals surface area (Å²) in [5.74, 6) is -0.0228. The zero-order valence-electron chi connectivity index (χ0n) is 18.0. The van der Waals surface area contributed by atoms with E-state index < -0.39 is 5.60 Å². The number of rotatable bonds is 7. The number of imidazole rings is 1. The summed E-state index contributed by atoms with van der Waals surface area (Å²) in [4.78, 5) is 20.2. The van der Waals surface area contributed by atoms with Gasteiger partial charge in [0.05, 0.1) is 27.4 Å². The van der Waals surface area contributed by atoms with Gasteiger partial charge in [0.2, 0.25) is 0 Å². The van der Waals surface area contributed by atoms with Gasteiger partial charge in [0.15, 0.2) is 0 Å². The first-order valence-electron chi connectivity index (χ1n) is 11.3. The Balaban J connectivity index is 1.04. The second-order valence-corrected chi connectivity index (χ2v) is 9.62. The molecule has 7 heteroatoms. The highest BCUT2D eigenvalue weighted by Crippen LogP contribution is 2.34. The molecule has 0 bridgehead atoms. The quantitative estimate of drug-likeness (QED) is 0.540. The lowest BCUT2D eigenvalue weighted by Crippen LogP contribution is -2.43. The number of hydrogen-bond donors (Lipinski definition) is 2. The van der Waals surface area contributed by atoms with Crippen LogP contribution in [0.15, 0.2) is 64.7 Å². The Labute approximate surface area is 192 Å². The van der Waals surface area contributed by atoms with Crippen molar-refractivity contribution in [3.05, 3.63) is 70.9 Å². The number of carbonyl (C=O) groups excluding carboxylic acids is 1. The fourth-order valence-corrected chi connectivity index (χ4v) is 5.54. The molecule has 6 nitrogen and oxygen atoms in total. The van der Waals surface area contributed by atoms with E-state index in [1.807, 2.05) is 60.8 Å². The maximum atomic E-state index is 12.7. The Kier molecular flexibility index (Phi) is 6.04. The number of likely N-dealkylation sites (tertiary alicyclic amines) is 1. The Morgan fingerprint density at radius 1 is 1.09 bits per heavy atom. The van der Waals surface area contributed by atoms with Crippen LogP contribution in [-0.4, -0.2) is 51.5 Å². The van der Waals surface area contributed by atoms with E-state index in [-0.39, 0.29) is 5.91 Å². The molecule has 2 aliphatic rings. The Morgan fingerprint density at radius 3 is 2.72 bits per heavy atom. The van der Waals surface area contributed by atoms with Crippen LogP contribution in [0.5, 0.6) is 0 Å². The molecule has 32 heavy (non-hydrogen) atoms. The van der Waals surface area contributed by atoms with Gasteiger partial charge in [0, 0.05) is 19.6 Å². The van der Waals surface area contributed by atoms with Crippen molar-refractivity contribution in [3.8, 4) is 0 Å². The number of piperidine rings is 1. The number of hydrogen-bond acceptors (Lipinski definition) is 5. The molecule has 2 N–H and O–H groups in total. The summed E-state index contributed by atoms with van der Waals surface area (Å²) in [6.07, 6.45) is 7.22. The Morgan fingerprint density at radius 2 is 1.91 bits per heavy atom. The van der Waals surface area contributed by atoms with Crippen LogP contribution in [0.2, 0.25) is 0 Å². The first-order valence-corrected chi connectivity index (χ1v) is 12.1. The maximum absolute atomic E-state index is 12.7. The first-order chi connectivity index (χ1) is 15.6. The van der Waals surface area contributed by atoms with Crippen molar-refractivity contribution in [3.63, 3.8) is 0 Å². The van der Waals surface area contributed by atoms with Crippen LogP contribution in [0.3, 0.4) is 0 Å². The molecule has 0 radical (unpaired) electrons. The number of thioether (sulfide) groups is 1. The molecular formula is C25H28N4O2S. The molecule has 1 saturated heterocycles. The van der Waals surface area contributed by atoms with Gasteiger partial charge in [-0.15, -0.1) is 0 Å². The second-order valence-electron chi connectivity index (χ2n) is 8.55. The normalized spacial score (nSPS) is 17.8. The van der Waals surface area contributed by atoms with Gasteiger partial charge >= 0.3 is 0 Å². The molecule has 0 spiro atoms. The minimum Gasteiger partial charge on any atom is -0.385 e. The second kappa shape index (κ2) is 9.10. The molecule has 1 amide bonds. The molecule has 1 aromatic carbocycles. The number of benzene rings is 1. The summed E-state index contributed by atoms with van der Waals surface area (Å²) in [6, 6.07) is 16.0. The summed E-state index contributed by atoms with van der Waals surface area (Å²) in [5.41, 5.74) is 2.17. The number of aliphatic hydroxyl groups is 1. The Bertz CT molecular complexity index is 1130. The van der Waals surface area contributed by atoms with E-state index in [0.717, 1.165) is 67.2 Å². The maximum Gasteiger partial charge on any atom is 0.258 e. The number of nitrogens with zero attached hydrogens (tertiary/aromatic N) is 3. The monoisotopic (exact) mass is 448 g/mol. The fourth-order valence-electron chi connectivity index (χ4n) is 4.53. The van der Waals surface area contributed by atoms with Crippen molar-refractivity contribution < 1.29 is 9.90 Å². The standard InChI is InChI=1S/C25H28N4O2S/c30-24(21-17-20-18-27-22-9-6-10-23(32-21)29(20)22)26-13-4-5-14-28-15-11-25(31,12-16-28)19-7-2-1-3-8-19/h1-3,6-10,17-18,31H,4-5,11-16H2,(H,26,30). The predicted molar refractivity (Wildman–Crippen MR) is 127 cm³/mol. The van der Waals surface area contributed by atoms with Crippen LogP contribution in [0.1, 0.15) is 36.9 Å². The summed E-state index contributed by atoms with van der Waals surface area (Å²) in [7, 11) is 0. The molecule has 0 aliphatic carbocycles. The van der Waals surface area contributed by atoms with Gasteiger partial charge in [-0.2, -0.15) is 0 Å². The smallest absolute Gasteiger partial charge is 0.258 e. The minimum atomic E-state index is -0.698. The van der Waals surface area contributed by atoms with Crippen molar-refractivity contribution in [2.45, 2.75) is 36.3 Å². The molecule has 2 aliphatic heterocycles. The lowest BCUT2D eigenvalue weighted by molar-refractivity contribution is -0.116. The molecular weight excluding hydrogens is 420 g/mol. The van der Waals surface area contributed by atoms with Crippen molar-refractivity contribution in [1.29, 1.82) is 0 Å². The topological polar surface area (TPSA) is 69.9 Å². The highest BCUT2D eigenvalue weighted by molar-refractivity contribution is 8.04. The van der Waals surface area contributed by atoms with Gasteiger partial charge in [0.1, 0.15) is 5.65 Å². The highest BCUT2D eigenvalue weighted by atomic mass is 32.2. The van der Waals surface area contributed by atoms with Gasteiger partial charge in [0.25, 0.3) is 5.91 Å². The third kappa shape index (κ3) is 4.33. The molecule has 0 saturated carbocycles. The van der Waals surface area contributed by atoms with Crippen molar-refractivity contribution in [2.75, 3.05) is 26.2 Å². The lowest BCUT2D eigenvalue weighted by Gasteiger charge is -2.38. The number of unbranched alkanes of at least 4 members (excludes halogenated alkanes) is 1. The largest absolute Gasteiger partial charge is 0.385 e. The van der Waals surface area contributed by atoms with Crippen molar-refractivity contribution in [2.24, 2.45) is 0 Å². The molecule has 4 heterocycles. The average molecular weight is 449 g/mol. The van der Waals surface area contributed by atoms with Crippen LogP contribution >= 0.6 is 11.8 Å². The van der Waals surface area contributed by atoms with Crippen molar-refractivity contribution >= 4 is 29.4 Å². The van der Waals surface area contributed by atoms with E-state index >= 15 is 0 Å². The van der Waals surface area contributed by atoms with Crippen LogP contribution in [0, 0.1) is 0 Å². The third-order valence-electron chi connectivity index (χ3n) is 6.42. The summed E-state index contributed by atoms with van der Waals surface area (Å²) in [6.45, 7) is 3.47. The number of amides is 1. The first kappa shape index (κ1) is 21.2. The van der Waals surface area contributed by atoms with E-state index in [9.17, 15) is 9.90 Å². The number of pyridine rings is 1. The van der Waals surface area contributed by atoms with Gasteiger partial charge in [-0.05, 0) is 56.0 Å². The zero-order valence-corrected chi connectivity index (χ0v) is 18.9. The van der Waals surface area contributed by atoms with E-state index in [1.54, 1.807) is 0 Å². The highest BCUT2D eigenvalue weighted by Gasteiger charge is 2.33. The number of carbonyl (C=O) groups is 1. The van der Waals surface area contributed by atoms with Gasteiger partial charge in [-0.25, -0.2) is 4.98 Å². The number of nitrogens with one attached hydrogen (secondary N) is 1. The van der Waals surface area contributed by atoms with Crippen molar-refractivity contribution in [1.82, 2.24) is 19.6 Å². The molecule has 0 unspecified atom stereocenters. The molecule has 2 aromatic heterocycles. The molecule has 0 atom stereocenters. The van der Waals surface area contributed by atoms with E-state index in [2.05, 4.69) is 19.6 Å². The summed E-state index contributed by atoms with van der Waals surface area (Å²) in [5, 5.41) is 15.0. The zero-order chi connectivity index (χ0) is 22.0. The molecule has 1 fully saturated rings. The SMILES string of the molecule is O=C(NCCCCN1CCC(O)(c2ccccc2)CC1)C1=Cc2cnc3cccc(n23)S1. The summed E-state index contributed by atoms with van der Waals surface area (Å²) >= 11 is 1.49. The fraction of sp³-hybridized carbons (Fsp3) is 0.360.